The first-order chi connectivity index (χ1) is 7.77. The molecule has 1 saturated heterocycles. The molecule has 102 valence electrons. The Hall–Kier alpha value is -0.220. The second-order valence-electron chi connectivity index (χ2n) is 4.01. The van der Waals surface area contributed by atoms with Crippen LogP contribution >= 0.6 is 0 Å². The number of hydrogen-bond donors (Lipinski definition) is 1. The van der Waals surface area contributed by atoms with E-state index in [0.717, 1.165) is 10.7 Å². The van der Waals surface area contributed by atoms with Gasteiger partial charge in [0.05, 0.1) is 5.75 Å². The molecule has 0 radical (unpaired) electrons. The summed E-state index contributed by atoms with van der Waals surface area (Å²) in [6, 6.07) is 0. The summed E-state index contributed by atoms with van der Waals surface area (Å²) in [5.74, 6) is 0.124. The third kappa shape index (κ3) is 4.18. The first kappa shape index (κ1) is 14.8. The summed E-state index contributed by atoms with van der Waals surface area (Å²) >= 11 is 0. The molecule has 7 nitrogen and oxygen atoms in total. The lowest BCUT2D eigenvalue weighted by Gasteiger charge is -2.32. The third-order valence-electron chi connectivity index (χ3n) is 2.71. The fourth-order valence-corrected chi connectivity index (χ4v) is 3.96. The normalized spacial score (nSPS) is 20.6. The fraction of sp³-hybridized carbons (Fsp3) is 1.00. The van der Waals surface area contributed by atoms with Crippen molar-refractivity contribution in [3.63, 3.8) is 0 Å². The van der Waals surface area contributed by atoms with Gasteiger partial charge in [-0.05, 0) is 6.42 Å². The summed E-state index contributed by atoms with van der Waals surface area (Å²) in [5.41, 5.74) is 0. The van der Waals surface area contributed by atoms with Gasteiger partial charge in [-0.1, -0.05) is 13.3 Å². The number of piperazine rings is 1. The molecule has 1 aliphatic rings. The van der Waals surface area contributed by atoms with Crippen molar-refractivity contribution >= 4 is 20.2 Å². The van der Waals surface area contributed by atoms with Crippen molar-refractivity contribution in [3.05, 3.63) is 0 Å². The Kier molecular flexibility index (Phi) is 4.90. The Balaban J connectivity index is 2.58. The van der Waals surface area contributed by atoms with E-state index in [1.165, 1.54) is 4.31 Å². The molecule has 0 atom stereocenters. The van der Waals surface area contributed by atoms with Gasteiger partial charge in [0.25, 0.3) is 10.2 Å². The predicted octanol–water partition coefficient (Wildman–Crippen LogP) is -1.06. The SMILES string of the molecule is CCCCS(=O)(=O)N1CCN(S(N)(=O)=O)CC1. The van der Waals surface area contributed by atoms with Crippen LogP contribution in [0.3, 0.4) is 0 Å². The van der Waals surface area contributed by atoms with Gasteiger partial charge >= 0.3 is 0 Å². The zero-order valence-electron chi connectivity index (χ0n) is 9.87. The minimum atomic E-state index is -3.70. The van der Waals surface area contributed by atoms with E-state index in [9.17, 15) is 16.8 Å². The molecule has 0 aromatic carbocycles. The van der Waals surface area contributed by atoms with Gasteiger partial charge in [0.2, 0.25) is 10.0 Å². The van der Waals surface area contributed by atoms with E-state index in [0.29, 0.717) is 6.42 Å². The highest BCUT2D eigenvalue weighted by Gasteiger charge is 2.29. The molecule has 2 N–H and O–H groups in total. The van der Waals surface area contributed by atoms with E-state index in [2.05, 4.69) is 0 Å². The smallest absolute Gasteiger partial charge is 0.216 e. The van der Waals surface area contributed by atoms with Crippen LogP contribution in [0, 0.1) is 0 Å². The van der Waals surface area contributed by atoms with Crippen LogP contribution in [0.15, 0.2) is 0 Å². The van der Waals surface area contributed by atoms with Gasteiger partial charge < -0.3 is 0 Å². The van der Waals surface area contributed by atoms with Crippen LogP contribution in [-0.2, 0) is 20.2 Å². The maximum Gasteiger partial charge on any atom is 0.276 e. The number of sulfonamides is 1. The molecule has 0 amide bonds. The number of rotatable bonds is 5. The molecule has 1 rings (SSSR count). The Morgan fingerprint density at radius 1 is 1.00 bits per heavy atom. The Morgan fingerprint density at radius 2 is 1.47 bits per heavy atom. The van der Waals surface area contributed by atoms with Gasteiger partial charge in [-0.25, -0.2) is 13.6 Å². The van der Waals surface area contributed by atoms with Gasteiger partial charge in [-0.15, -0.1) is 0 Å². The van der Waals surface area contributed by atoms with E-state index < -0.39 is 20.2 Å². The van der Waals surface area contributed by atoms with E-state index >= 15 is 0 Å². The predicted molar refractivity (Wildman–Crippen MR) is 64.9 cm³/mol. The summed E-state index contributed by atoms with van der Waals surface area (Å²) in [6.45, 7) is 2.55. The highest BCUT2D eigenvalue weighted by Crippen LogP contribution is 2.10. The number of nitrogens with two attached hydrogens (primary N) is 1. The van der Waals surface area contributed by atoms with Crippen LogP contribution in [0.1, 0.15) is 19.8 Å². The van der Waals surface area contributed by atoms with Crippen molar-refractivity contribution in [2.45, 2.75) is 19.8 Å². The van der Waals surface area contributed by atoms with Gasteiger partial charge in [-0.3, -0.25) is 0 Å². The lowest BCUT2D eigenvalue weighted by molar-refractivity contribution is 0.273. The molecule has 0 spiro atoms. The average molecular weight is 285 g/mol. The van der Waals surface area contributed by atoms with Crippen LogP contribution in [0.5, 0.6) is 0 Å². The monoisotopic (exact) mass is 285 g/mol. The van der Waals surface area contributed by atoms with Crippen molar-refractivity contribution in [2.75, 3.05) is 31.9 Å². The summed E-state index contributed by atoms with van der Waals surface area (Å²) in [4.78, 5) is 0. The maximum absolute atomic E-state index is 11.8. The van der Waals surface area contributed by atoms with Gasteiger partial charge in [-0.2, -0.15) is 17.0 Å². The molecule has 0 aromatic heterocycles. The lowest BCUT2D eigenvalue weighted by atomic mass is 10.4. The quantitative estimate of drug-likeness (QED) is 0.695. The molecule has 1 fully saturated rings. The Bertz CT molecular complexity index is 437. The van der Waals surface area contributed by atoms with Crippen LogP contribution in [-0.4, -0.2) is 57.4 Å². The summed E-state index contributed by atoms with van der Waals surface area (Å²) in [7, 11) is -6.94. The van der Waals surface area contributed by atoms with E-state index in [-0.39, 0.29) is 31.9 Å². The number of hydrogen-bond acceptors (Lipinski definition) is 4. The molecular weight excluding hydrogens is 266 g/mol. The number of unbranched alkanes of at least 4 members (excludes halogenated alkanes) is 1. The minimum absolute atomic E-state index is 0.124. The minimum Gasteiger partial charge on any atom is -0.216 e. The molecule has 0 aliphatic carbocycles. The van der Waals surface area contributed by atoms with Crippen molar-refractivity contribution in [3.8, 4) is 0 Å². The maximum atomic E-state index is 11.8. The number of nitrogens with zero attached hydrogens (tertiary/aromatic N) is 2. The molecule has 0 saturated carbocycles. The molecule has 1 heterocycles. The molecule has 0 unspecified atom stereocenters. The Labute approximate surface area is 103 Å². The van der Waals surface area contributed by atoms with E-state index in [1.54, 1.807) is 0 Å². The second-order valence-corrected chi connectivity index (χ2v) is 7.65. The van der Waals surface area contributed by atoms with E-state index in [1.807, 2.05) is 6.92 Å². The zero-order valence-corrected chi connectivity index (χ0v) is 11.5. The first-order valence-corrected chi connectivity index (χ1v) is 8.64. The highest BCUT2D eigenvalue weighted by molar-refractivity contribution is 7.89. The van der Waals surface area contributed by atoms with Crippen LogP contribution in [0.4, 0.5) is 0 Å². The molecule has 1 aliphatic heterocycles. The van der Waals surface area contributed by atoms with Crippen molar-refractivity contribution in [1.82, 2.24) is 8.61 Å². The molecule has 0 aromatic rings. The lowest BCUT2D eigenvalue weighted by Crippen LogP contribution is -2.52. The summed E-state index contributed by atoms with van der Waals surface area (Å²) in [5, 5.41) is 4.98. The second kappa shape index (κ2) is 5.61. The average Bonchev–Trinajstić information content (AvgIpc) is 2.25. The van der Waals surface area contributed by atoms with Gasteiger partial charge in [0.1, 0.15) is 0 Å². The topological polar surface area (TPSA) is 101 Å². The zero-order chi connectivity index (χ0) is 13.1. The standard InChI is InChI=1S/C8H19N3O4S2/c1-2-3-8-16(12,13)10-4-6-11(7-5-10)17(9,14)15/h2-8H2,1H3,(H2,9,14,15). The largest absolute Gasteiger partial charge is 0.276 e. The van der Waals surface area contributed by atoms with Crippen molar-refractivity contribution in [1.29, 1.82) is 0 Å². The first-order valence-electron chi connectivity index (χ1n) is 5.53. The molecular formula is C8H19N3O4S2. The van der Waals surface area contributed by atoms with Crippen LogP contribution in [0.2, 0.25) is 0 Å². The van der Waals surface area contributed by atoms with Crippen molar-refractivity contribution in [2.24, 2.45) is 5.14 Å². The molecule has 9 heteroatoms. The summed E-state index contributed by atoms with van der Waals surface area (Å²) in [6.07, 6.45) is 1.44. The van der Waals surface area contributed by atoms with Gasteiger partial charge in [0, 0.05) is 26.2 Å². The fourth-order valence-electron chi connectivity index (χ4n) is 1.66. The Morgan fingerprint density at radius 3 is 1.88 bits per heavy atom. The highest BCUT2D eigenvalue weighted by atomic mass is 32.2. The van der Waals surface area contributed by atoms with Crippen LogP contribution < -0.4 is 5.14 Å². The van der Waals surface area contributed by atoms with E-state index in [4.69, 9.17) is 5.14 Å². The molecule has 0 bridgehead atoms. The van der Waals surface area contributed by atoms with Crippen LogP contribution in [0.25, 0.3) is 0 Å². The summed E-state index contributed by atoms with van der Waals surface area (Å²) < 4.78 is 48.2. The molecule has 17 heavy (non-hydrogen) atoms. The van der Waals surface area contributed by atoms with Gasteiger partial charge in [0.15, 0.2) is 0 Å². The van der Waals surface area contributed by atoms with Crippen molar-refractivity contribution < 1.29 is 16.8 Å². The third-order valence-corrected chi connectivity index (χ3v) is 5.75.